The largest absolute Gasteiger partial charge is 0.465 e. The van der Waals surface area contributed by atoms with Crippen LogP contribution in [0.15, 0.2) is 48.5 Å². The fourth-order valence-corrected chi connectivity index (χ4v) is 3.19. The summed E-state index contributed by atoms with van der Waals surface area (Å²) in [5.74, 6) is -0.549. The number of rotatable bonds is 6. The number of hydrogen-bond donors (Lipinski definition) is 3. The van der Waals surface area contributed by atoms with Crippen LogP contribution < -0.4 is 10.6 Å². The van der Waals surface area contributed by atoms with Crippen LogP contribution in [0.5, 0.6) is 0 Å². The van der Waals surface area contributed by atoms with Crippen LogP contribution in [0.1, 0.15) is 33.9 Å². The van der Waals surface area contributed by atoms with Gasteiger partial charge in [-0.15, -0.1) is 0 Å². The van der Waals surface area contributed by atoms with Crippen LogP contribution in [0.25, 0.3) is 0 Å². The molecular weight excluding hydrogens is 332 g/mol. The Morgan fingerprint density at radius 3 is 2.62 bits per heavy atom. The Balaban J connectivity index is 1.48. The first-order valence-corrected chi connectivity index (χ1v) is 8.56. The third-order valence-electron chi connectivity index (χ3n) is 4.51. The van der Waals surface area contributed by atoms with E-state index in [0.29, 0.717) is 24.2 Å². The molecule has 2 aromatic rings. The Morgan fingerprint density at radius 2 is 1.88 bits per heavy atom. The molecular formula is C20H22N2O4. The van der Waals surface area contributed by atoms with E-state index in [0.717, 1.165) is 11.1 Å². The molecule has 3 N–H and O–H groups in total. The molecule has 26 heavy (non-hydrogen) atoms. The molecule has 2 atom stereocenters. The van der Waals surface area contributed by atoms with Gasteiger partial charge < -0.3 is 20.5 Å². The molecule has 3 rings (SSSR count). The van der Waals surface area contributed by atoms with Gasteiger partial charge in [0.1, 0.15) is 0 Å². The van der Waals surface area contributed by atoms with Gasteiger partial charge in [0.15, 0.2) is 0 Å². The zero-order valence-corrected chi connectivity index (χ0v) is 14.6. The van der Waals surface area contributed by atoms with Gasteiger partial charge >= 0.3 is 5.97 Å². The first-order valence-electron chi connectivity index (χ1n) is 8.56. The fraction of sp³-hybridized carbons (Fsp3) is 0.300. The van der Waals surface area contributed by atoms with Crippen LogP contribution >= 0.6 is 0 Å². The van der Waals surface area contributed by atoms with Gasteiger partial charge in [0.05, 0.1) is 24.8 Å². The molecule has 0 saturated heterocycles. The lowest BCUT2D eigenvalue weighted by atomic mass is 10.1. The third kappa shape index (κ3) is 4.09. The number of esters is 1. The quantitative estimate of drug-likeness (QED) is 0.691. The summed E-state index contributed by atoms with van der Waals surface area (Å²) in [5.41, 5.74) is 3.29. The van der Waals surface area contributed by atoms with E-state index in [4.69, 9.17) is 0 Å². The van der Waals surface area contributed by atoms with E-state index in [9.17, 15) is 14.7 Å². The number of aliphatic hydroxyl groups excluding tert-OH is 1. The second-order valence-corrected chi connectivity index (χ2v) is 6.27. The van der Waals surface area contributed by atoms with Crippen molar-refractivity contribution in [3.8, 4) is 0 Å². The van der Waals surface area contributed by atoms with Crippen molar-refractivity contribution in [3.63, 3.8) is 0 Å². The zero-order valence-electron chi connectivity index (χ0n) is 14.6. The molecule has 0 unspecified atom stereocenters. The molecule has 0 radical (unpaired) electrons. The number of amides is 1. The lowest BCUT2D eigenvalue weighted by Gasteiger charge is -2.17. The number of carbonyl (C=O) groups is 2. The number of nitrogens with one attached hydrogen (secondary N) is 2. The molecule has 1 aliphatic rings. The smallest absolute Gasteiger partial charge is 0.337 e. The van der Waals surface area contributed by atoms with Crippen molar-refractivity contribution in [2.75, 3.05) is 19.0 Å². The minimum Gasteiger partial charge on any atom is -0.465 e. The van der Waals surface area contributed by atoms with E-state index in [1.54, 1.807) is 24.3 Å². The summed E-state index contributed by atoms with van der Waals surface area (Å²) >= 11 is 0. The van der Waals surface area contributed by atoms with Crippen molar-refractivity contribution >= 4 is 17.6 Å². The van der Waals surface area contributed by atoms with E-state index in [2.05, 4.69) is 15.4 Å². The van der Waals surface area contributed by atoms with Gasteiger partial charge in [-0.3, -0.25) is 4.79 Å². The van der Waals surface area contributed by atoms with Crippen LogP contribution in [-0.4, -0.2) is 36.7 Å². The summed E-state index contributed by atoms with van der Waals surface area (Å²) in [7, 11) is 1.32. The van der Waals surface area contributed by atoms with E-state index < -0.39 is 12.1 Å². The van der Waals surface area contributed by atoms with Crippen LogP contribution in [-0.2, 0) is 16.0 Å². The maximum Gasteiger partial charge on any atom is 0.337 e. The van der Waals surface area contributed by atoms with Crippen molar-refractivity contribution in [1.29, 1.82) is 0 Å². The minimum absolute atomic E-state index is 0.135. The number of hydrogen-bond acceptors (Lipinski definition) is 5. The number of anilines is 1. The summed E-state index contributed by atoms with van der Waals surface area (Å²) in [6.07, 6.45) is 0.442. The Hall–Kier alpha value is -2.70. The summed E-state index contributed by atoms with van der Waals surface area (Å²) in [6, 6.07) is 14.3. The van der Waals surface area contributed by atoms with Gasteiger partial charge in [-0.2, -0.15) is 0 Å². The van der Waals surface area contributed by atoms with E-state index >= 15 is 0 Å². The van der Waals surface area contributed by atoms with Crippen molar-refractivity contribution in [1.82, 2.24) is 5.32 Å². The Kier molecular flexibility index (Phi) is 5.65. The molecule has 0 aliphatic heterocycles. The third-order valence-corrected chi connectivity index (χ3v) is 4.51. The molecule has 6 heteroatoms. The van der Waals surface area contributed by atoms with Crippen LogP contribution in [0.4, 0.5) is 5.69 Å². The Morgan fingerprint density at radius 1 is 1.15 bits per heavy atom. The second-order valence-electron chi connectivity index (χ2n) is 6.27. The van der Waals surface area contributed by atoms with Crippen molar-refractivity contribution < 1.29 is 19.4 Å². The summed E-state index contributed by atoms with van der Waals surface area (Å²) in [5, 5.41) is 16.3. The van der Waals surface area contributed by atoms with Crippen molar-refractivity contribution in [2.45, 2.75) is 25.0 Å². The van der Waals surface area contributed by atoms with Crippen LogP contribution in [0, 0.1) is 0 Å². The second kappa shape index (κ2) is 8.12. The molecule has 0 heterocycles. The van der Waals surface area contributed by atoms with E-state index in [1.165, 1.54) is 7.11 Å². The minimum atomic E-state index is -0.471. The molecule has 0 saturated carbocycles. The zero-order chi connectivity index (χ0) is 18.5. The average Bonchev–Trinajstić information content (AvgIpc) is 2.97. The van der Waals surface area contributed by atoms with Gasteiger partial charge in [0, 0.05) is 25.1 Å². The number of ether oxygens (including phenoxy) is 1. The SMILES string of the molecule is COC(=O)c1ccc(NC(=O)CCN[C@H]2c3ccccc3C[C@H]2O)cc1. The van der Waals surface area contributed by atoms with Gasteiger partial charge in [-0.1, -0.05) is 24.3 Å². The van der Waals surface area contributed by atoms with Crippen LogP contribution in [0.3, 0.4) is 0 Å². The molecule has 6 nitrogen and oxygen atoms in total. The van der Waals surface area contributed by atoms with E-state index in [-0.39, 0.29) is 18.4 Å². The molecule has 136 valence electrons. The summed E-state index contributed by atoms with van der Waals surface area (Å²) < 4.78 is 4.64. The highest BCUT2D eigenvalue weighted by atomic mass is 16.5. The highest BCUT2D eigenvalue weighted by Gasteiger charge is 2.30. The molecule has 1 aliphatic carbocycles. The number of carbonyl (C=O) groups excluding carboxylic acids is 2. The Bertz CT molecular complexity index is 789. The predicted molar refractivity (Wildman–Crippen MR) is 97.9 cm³/mol. The number of methoxy groups -OCH3 is 1. The first-order chi connectivity index (χ1) is 12.6. The average molecular weight is 354 g/mol. The summed E-state index contributed by atoms with van der Waals surface area (Å²) in [4.78, 5) is 23.5. The lowest BCUT2D eigenvalue weighted by molar-refractivity contribution is -0.116. The topological polar surface area (TPSA) is 87.7 Å². The molecule has 0 spiro atoms. The molecule has 0 aromatic heterocycles. The van der Waals surface area contributed by atoms with Crippen molar-refractivity contribution in [2.24, 2.45) is 0 Å². The highest BCUT2D eigenvalue weighted by molar-refractivity contribution is 5.93. The maximum absolute atomic E-state index is 12.1. The maximum atomic E-state index is 12.1. The van der Waals surface area contributed by atoms with Gasteiger partial charge in [-0.05, 0) is 35.4 Å². The van der Waals surface area contributed by atoms with Gasteiger partial charge in [0.25, 0.3) is 0 Å². The first kappa shape index (κ1) is 18.1. The number of benzene rings is 2. The molecule has 2 aromatic carbocycles. The van der Waals surface area contributed by atoms with Crippen molar-refractivity contribution in [3.05, 3.63) is 65.2 Å². The number of aliphatic hydroxyl groups is 1. The van der Waals surface area contributed by atoms with Gasteiger partial charge in [-0.25, -0.2) is 4.79 Å². The molecule has 0 bridgehead atoms. The molecule has 0 fully saturated rings. The molecule has 1 amide bonds. The monoisotopic (exact) mass is 354 g/mol. The lowest BCUT2D eigenvalue weighted by Crippen LogP contribution is -2.31. The highest BCUT2D eigenvalue weighted by Crippen LogP contribution is 2.31. The number of fused-ring (bicyclic) bond motifs is 1. The summed E-state index contributed by atoms with van der Waals surface area (Å²) in [6.45, 7) is 0.460. The van der Waals surface area contributed by atoms with Crippen LogP contribution in [0.2, 0.25) is 0 Å². The standard InChI is InChI=1S/C20H22N2O4/c1-26-20(25)13-6-8-15(9-7-13)22-18(24)10-11-21-19-16-5-3-2-4-14(16)12-17(19)23/h2-9,17,19,21,23H,10-12H2,1H3,(H,22,24)/t17-,19+/m1/s1. The van der Waals surface area contributed by atoms with Gasteiger partial charge in [0.2, 0.25) is 5.91 Å². The fourth-order valence-electron chi connectivity index (χ4n) is 3.19. The van der Waals surface area contributed by atoms with E-state index in [1.807, 2.05) is 24.3 Å². The predicted octanol–water partition coefficient (Wildman–Crippen LogP) is 2.05. The normalized spacial score (nSPS) is 18.2. The Labute approximate surface area is 152 Å².